The summed E-state index contributed by atoms with van der Waals surface area (Å²) in [6, 6.07) is 9.31. The van der Waals surface area contributed by atoms with Gasteiger partial charge in [0, 0.05) is 12.2 Å². The van der Waals surface area contributed by atoms with E-state index in [0.717, 1.165) is 35.4 Å². The summed E-state index contributed by atoms with van der Waals surface area (Å²) in [5.74, 6) is -1.86. The molecule has 3 N–H and O–H groups in total. The number of benzene rings is 2. The van der Waals surface area contributed by atoms with Crippen LogP contribution in [0.4, 0.5) is 18.9 Å². The van der Waals surface area contributed by atoms with Gasteiger partial charge in [-0.3, -0.25) is 9.59 Å². The zero-order chi connectivity index (χ0) is 20.2. The van der Waals surface area contributed by atoms with Crippen molar-refractivity contribution >= 4 is 17.5 Å². The fourth-order valence-corrected chi connectivity index (χ4v) is 2.33. The van der Waals surface area contributed by atoms with Gasteiger partial charge in [-0.25, -0.2) is 0 Å². The molecule has 0 spiro atoms. The van der Waals surface area contributed by atoms with E-state index in [2.05, 4.69) is 10.6 Å². The Bertz CT molecular complexity index is 833. The highest BCUT2D eigenvalue weighted by Crippen LogP contribution is 2.29. The fraction of sp³-hybridized carbons (Fsp3) is 0.263. The quantitative estimate of drug-likeness (QED) is 0.714. The van der Waals surface area contributed by atoms with Crippen LogP contribution in [-0.2, 0) is 15.8 Å². The highest BCUT2D eigenvalue weighted by molar-refractivity contribution is 6.39. The predicted molar refractivity (Wildman–Crippen MR) is 94.0 cm³/mol. The van der Waals surface area contributed by atoms with E-state index in [0.29, 0.717) is 5.69 Å². The average Bonchev–Trinajstić information content (AvgIpc) is 2.61. The van der Waals surface area contributed by atoms with E-state index in [1.807, 2.05) is 13.0 Å². The maximum Gasteiger partial charge on any atom is 0.416 e. The Kier molecular flexibility index (Phi) is 6.22. The SMILES string of the molecule is Cc1ccc(C)c(NC(=O)C(=O)NCC(O)c2ccc(C(F)(F)F)cc2)c1. The molecule has 5 nitrogen and oxygen atoms in total. The van der Waals surface area contributed by atoms with E-state index in [-0.39, 0.29) is 12.1 Å². The Balaban J connectivity index is 1.92. The van der Waals surface area contributed by atoms with E-state index in [9.17, 15) is 27.9 Å². The number of rotatable bonds is 4. The molecule has 2 amide bonds. The maximum atomic E-state index is 12.5. The first-order valence-electron chi connectivity index (χ1n) is 8.09. The molecule has 0 heterocycles. The van der Waals surface area contributed by atoms with Crippen LogP contribution in [0.2, 0.25) is 0 Å². The second kappa shape index (κ2) is 8.22. The summed E-state index contributed by atoms with van der Waals surface area (Å²) < 4.78 is 37.6. The lowest BCUT2D eigenvalue weighted by Crippen LogP contribution is -2.37. The molecule has 0 aliphatic rings. The highest BCUT2D eigenvalue weighted by Gasteiger charge is 2.30. The molecule has 0 aromatic heterocycles. The van der Waals surface area contributed by atoms with Gasteiger partial charge >= 0.3 is 18.0 Å². The van der Waals surface area contributed by atoms with Crippen molar-refractivity contribution in [3.63, 3.8) is 0 Å². The molecule has 1 atom stereocenters. The molecule has 0 radical (unpaired) electrons. The molecule has 0 saturated carbocycles. The number of amides is 2. The molecule has 2 aromatic rings. The lowest BCUT2D eigenvalue weighted by atomic mass is 10.1. The summed E-state index contributed by atoms with van der Waals surface area (Å²) in [5, 5.41) is 14.7. The normalized spacial score (nSPS) is 12.4. The van der Waals surface area contributed by atoms with Gasteiger partial charge in [-0.05, 0) is 48.7 Å². The largest absolute Gasteiger partial charge is 0.416 e. The molecule has 0 bridgehead atoms. The Hall–Kier alpha value is -2.87. The second-order valence-electron chi connectivity index (χ2n) is 6.12. The third kappa shape index (κ3) is 5.55. The van der Waals surface area contributed by atoms with Crippen molar-refractivity contribution in [2.45, 2.75) is 26.1 Å². The van der Waals surface area contributed by atoms with Crippen LogP contribution in [0.1, 0.15) is 28.4 Å². The van der Waals surface area contributed by atoms with Gasteiger partial charge in [0.15, 0.2) is 0 Å². The van der Waals surface area contributed by atoms with Crippen LogP contribution < -0.4 is 10.6 Å². The van der Waals surface area contributed by atoms with E-state index >= 15 is 0 Å². The van der Waals surface area contributed by atoms with Crippen molar-refractivity contribution in [2.75, 3.05) is 11.9 Å². The van der Waals surface area contributed by atoms with Gasteiger partial charge in [0.05, 0.1) is 11.7 Å². The number of aryl methyl sites for hydroxylation is 2. The number of hydrogen-bond acceptors (Lipinski definition) is 3. The number of carbonyl (C=O) groups is 2. The number of hydrogen-bond donors (Lipinski definition) is 3. The Labute approximate surface area is 154 Å². The summed E-state index contributed by atoms with van der Waals surface area (Å²) in [5.41, 5.74) is 1.55. The predicted octanol–water partition coefficient (Wildman–Crippen LogP) is 3.11. The van der Waals surface area contributed by atoms with Crippen molar-refractivity contribution in [1.29, 1.82) is 0 Å². The van der Waals surface area contributed by atoms with E-state index in [1.165, 1.54) is 0 Å². The van der Waals surface area contributed by atoms with Crippen LogP contribution in [0.3, 0.4) is 0 Å². The summed E-state index contributed by atoms with van der Waals surface area (Å²) >= 11 is 0. The van der Waals surface area contributed by atoms with Gasteiger partial charge in [0.1, 0.15) is 0 Å². The minimum Gasteiger partial charge on any atom is -0.387 e. The zero-order valence-electron chi connectivity index (χ0n) is 14.7. The van der Waals surface area contributed by atoms with Crippen molar-refractivity contribution < 1.29 is 27.9 Å². The molecule has 0 aliphatic carbocycles. The second-order valence-corrected chi connectivity index (χ2v) is 6.12. The summed E-state index contributed by atoms with van der Waals surface area (Å²) in [4.78, 5) is 23.8. The molecule has 144 valence electrons. The van der Waals surface area contributed by atoms with Crippen molar-refractivity contribution in [2.24, 2.45) is 0 Å². The Morgan fingerprint density at radius 3 is 2.26 bits per heavy atom. The molecule has 8 heteroatoms. The molecule has 1 unspecified atom stereocenters. The molecule has 2 aromatic carbocycles. The molecule has 0 aliphatic heterocycles. The minimum absolute atomic E-state index is 0.193. The number of anilines is 1. The lowest BCUT2D eigenvalue weighted by molar-refractivity contribution is -0.137. The van der Waals surface area contributed by atoms with Gasteiger partial charge in [-0.15, -0.1) is 0 Å². The fourth-order valence-electron chi connectivity index (χ4n) is 2.33. The van der Waals surface area contributed by atoms with Crippen molar-refractivity contribution in [3.8, 4) is 0 Å². The topological polar surface area (TPSA) is 78.4 Å². The lowest BCUT2D eigenvalue weighted by Gasteiger charge is -2.14. The van der Waals surface area contributed by atoms with Crippen LogP contribution in [0.15, 0.2) is 42.5 Å². The third-order valence-corrected chi connectivity index (χ3v) is 3.93. The van der Waals surface area contributed by atoms with Gasteiger partial charge in [-0.1, -0.05) is 24.3 Å². The Morgan fingerprint density at radius 2 is 1.67 bits per heavy atom. The molecule has 2 rings (SSSR count). The Morgan fingerprint density at radius 1 is 1.04 bits per heavy atom. The van der Waals surface area contributed by atoms with Crippen molar-refractivity contribution in [1.82, 2.24) is 5.32 Å². The van der Waals surface area contributed by atoms with Gasteiger partial charge < -0.3 is 15.7 Å². The summed E-state index contributed by atoms with van der Waals surface area (Å²) in [7, 11) is 0. The average molecular weight is 380 g/mol. The smallest absolute Gasteiger partial charge is 0.387 e. The van der Waals surface area contributed by atoms with E-state index in [1.54, 1.807) is 19.1 Å². The first kappa shape index (κ1) is 20.4. The zero-order valence-corrected chi connectivity index (χ0v) is 14.7. The minimum atomic E-state index is -4.47. The van der Waals surface area contributed by atoms with Crippen LogP contribution >= 0.6 is 0 Å². The third-order valence-electron chi connectivity index (χ3n) is 3.93. The first-order valence-corrected chi connectivity index (χ1v) is 8.09. The number of nitrogens with one attached hydrogen (secondary N) is 2. The van der Waals surface area contributed by atoms with Gasteiger partial charge in [-0.2, -0.15) is 13.2 Å². The van der Waals surface area contributed by atoms with E-state index in [4.69, 9.17) is 0 Å². The van der Waals surface area contributed by atoms with Crippen LogP contribution in [0.25, 0.3) is 0 Å². The highest BCUT2D eigenvalue weighted by atomic mass is 19.4. The molecule has 27 heavy (non-hydrogen) atoms. The monoisotopic (exact) mass is 380 g/mol. The standard InChI is InChI=1S/C19H19F3N2O3/c1-11-3-4-12(2)15(9-11)24-18(27)17(26)23-10-16(25)13-5-7-14(8-6-13)19(20,21)22/h3-9,16,25H,10H2,1-2H3,(H,23,26)(H,24,27). The van der Waals surface area contributed by atoms with Gasteiger partial charge in [0.2, 0.25) is 0 Å². The van der Waals surface area contributed by atoms with Crippen LogP contribution in [0, 0.1) is 13.8 Å². The number of carbonyl (C=O) groups excluding carboxylic acids is 2. The summed E-state index contributed by atoms with van der Waals surface area (Å²) in [6.45, 7) is 3.31. The van der Waals surface area contributed by atoms with Crippen LogP contribution in [-0.4, -0.2) is 23.5 Å². The number of alkyl halides is 3. The van der Waals surface area contributed by atoms with E-state index < -0.39 is 29.7 Å². The first-order chi connectivity index (χ1) is 12.6. The molecular formula is C19H19F3N2O3. The number of aliphatic hydroxyl groups is 1. The number of aliphatic hydroxyl groups excluding tert-OH is 1. The summed E-state index contributed by atoms with van der Waals surface area (Å²) in [6.07, 6.45) is -5.71. The van der Waals surface area contributed by atoms with Crippen molar-refractivity contribution in [3.05, 3.63) is 64.7 Å². The molecule has 0 fully saturated rings. The molecule has 0 saturated heterocycles. The number of halogens is 3. The van der Waals surface area contributed by atoms with Crippen LogP contribution in [0.5, 0.6) is 0 Å². The molecular weight excluding hydrogens is 361 g/mol. The van der Waals surface area contributed by atoms with Gasteiger partial charge in [0.25, 0.3) is 0 Å². The maximum absolute atomic E-state index is 12.5.